The van der Waals surface area contributed by atoms with Gasteiger partial charge in [0.2, 0.25) is 0 Å². The molecule has 0 radical (unpaired) electrons. The van der Waals surface area contributed by atoms with Crippen molar-refractivity contribution in [3.63, 3.8) is 0 Å². The lowest BCUT2D eigenvalue weighted by Crippen LogP contribution is -2.41. The van der Waals surface area contributed by atoms with E-state index in [-0.39, 0.29) is 18.0 Å². The predicted molar refractivity (Wildman–Crippen MR) is 204 cm³/mol. The number of piperidine rings is 1. The monoisotopic (exact) mass is 762 g/mol. The van der Waals surface area contributed by atoms with Crippen LogP contribution in [0.5, 0.6) is 0 Å². The maximum atomic E-state index is 12.4. The number of nitrogen functional groups attached to an aromatic ring is 1. The molecule has 0 bridgehead atoms. The summed E-state index contributed by atoms with van der Waals surface area (Å²) in [6.07, 6.45) is 4.96. The number of hydrogen-bond donors (Lipinski definition) is 1. The van der Waals surface area contributed by atoms with Crippen molar-refractivity contribution >= 4 is 77.7 Å². The van der Waals surface area contributed by atoms with E-state index < -0.39 is 11.2 Å². The number of hydrogen-bond acceptors (Lipinski definition) is 14. The van der Waals surface area contributed by atoms with E-state index in [4.69, 9.17) is 25.5 Å². The molecule has 0 aromatic carbocycles. The number of amides is 2. The average Bonchev–Trinajstić information content (AvgIpc) is 3.77. The first-order valence-electron chi connectivity index (χ1n) is 16.8. The smallest absolute Gasteiger partial charge is 0.410 e. The number of anilines is 1. The first-order valence-corrected chi connectivity index (χ1v) is 19.2. The van der Waals surface area contributed by atoms with E-state index in [0.29, 0.717) is 45.4 Å². The number of Topliss-reactive ketones (excluding diaryl/α,β-unsaturated/α-hetero) is 1. The molecule has 13 nitrogen and oxygen atoms in total. The third-order valence-electron chi connectivity index (χ3n) is 7.53. The Labute approximate surface area is 314 Å². The second-order valence-electron chi connectivity index (χ2n) is 14.0. The number of rotatable bonds is 2. The summed E-state index contributed by atoms with van der Waals surface area (Å²) in [5.74, 6) is 0.227. The number of ketones is 1. The number of pyridine rings is 2. The number of aromatic nitrogens is 4. The molecule has 0 saturated carbocycles. The molecule has 16 heteroatoms. The Bertz CT molecular complexity index is 2030. The molecule has 52 heavy (non-hydrogen) atoms. The predicted octanol–water partition coefficient (Wildman–Crippen LogP) is 7.64. The van der Waals surface area contributed by atoms with Crippen LogP contribution in [0, 0.1) is 11.3 Å². The molecule has 2 aliphatic rings. The lowest BCUT2D eigenvalue weighted by molar-refractivity contribution is -0.121. The SMILES string of the molecule is CC(C)(C)OC(=O)N1CCC(=O)CC1.CC(C)(C)OC(=O)N1CCc2c(sc(N)c2-c2nc3cccnc3s2)C1.N#CCc1nc2cccnc2s1. The highest BCUT2D eigenvalue weighted by Crippen LogP contribution is 2.44. The van der Waals surface area contributed by atoms with Gasteiger partial charge in [0.05, 0.1) is 24.0 Å². The fraction of sp³-hybridized carbons (Fsp3) is 0.444. The quantitative estimate of drug-likeness (QED) is 0.187. The van der Waals surface area contributed by atoms with Gasteiger partial charge in [-0.2, -0.15) is 5.26 Å². The van der Waals surface area contributed by atoms with Crippen LogP contribution in [0.1, 0.15) is 69.8 Å². The largest absolute Gasteiger partial charge is 0.444 e. The zero-order valence-electron chi connectivity index (χ0n) is 30.1. The lowest BCUT2D eigenvalue weighted by Gasteiger charge is -2.30. The second kappa shape index (κ2) is 16.3. The van der Waals surface area contributed by atoms with Gasteiger partial charge in [0.25, 0.3) is 0 Å². The van der Waals surface area contributed by atoms with Crippen LogP contribution in [0.15, 0.2) is 36.7 Å². The first kappa shape index (κ1) is 38.5. The lowest BCUT2D eigenvalue weighted by atomic mass is 10.0. The maximum absolute atomic E-state index is 12.4. The molecule has 0 spiro atoms. The van der Waals surface area contributed by atoms with Crippen LogP contribution in [0.25, 0.3) is 31.3 Å². The molecule has 2 amide bonds. The molecule has 274 valence electrons. The number of fused-ring (bicyclic) bond motifs is 3. The van der Waals surface area contributed by atoms with E-state index in [9.17, 15) is 14.4 Å². The van der Waals surface area contributed by atoms with Gasteiger partial charge in [-0.3, -0.25) is 4.79 Å². The van der Waals surface area contributed by atoms with Crippen molar-refractivity contribution in [1.29, 1.82) is 5.26 Å². The zero-order valence-corrected chi connectivity index (χ0v) is 32.5. The minimum absolute atomic E-state index is 0.227. The van der Waals surface area contributed by atoms with E-state index >= 15 is 0 Å². The Morgan fingerprint density at radius 3 is 1.96 bits per heavy atom. The van der Waals surface area contributed by atoms with Crippen molar-refractivity contribution in [3.8, 4) is 16.6 Å². The molecular weight excluding hydrogens is 721 g/mol. The number of nitrogens with zero attached hydrogens (tertiary/aromatic N) is 7. The van der Waals surface area contributed by atoms with Crippen molar-refractivity contribution in [2.45, 2.75) is 85.0 Å². The van der Waals surface area contributed by atoms with Crippen molar-refractivity contribution < 1.29 is 23.9 Å². The number of nitrogens with two attached hydrogens (primary N) is 1. The molecule has 1 saturated heterocycles. The summed E-state index contributed by atoms with van der Waals surface area (Å²) >= 11 is 4.57. The molecule has 0 unspecified atom stereocenters. The molecule has 5 aromatic rings. The van der Waals surface area contributed by atoms with E-state index in [0.717, 1.165) is 52.6 Å². The molecule has 2 aliphatic heterocycles. The van der Waals surface area contributed by atoms with Crippen molar-refractivity contribution in [2.24, 2.45) is 0 Å². The molecule has 0 atom stereocenters. The number of nitriles is 1. The molecule has 7 heterocycles. The minimum Gasteiger partial charge on any atom is -0.444 e. The highest BCUT2D eigenvalue weighted by molar-refractivity contribution is 7.22. The number of carbonyl (C=O) groups excluding carboxylic acids is 3. The molecule has 5 aromatic heterocycles. The summed E-state index contributed by atoms with van der Waals surface area (Å²) < 4.78 is 10.7. The van der Waals surface area contributed by atoms with E-state index in [1.807, 2.05) is 65.8 Å². The third kappa shape index (κ3) is 10.2. The molecular formula is C36H42N8O5S3. The summed E-state index contributed by atoms with van der Waals surface area (Å²) in [5.41, 5.74) is 9.35. The molecule has 0 aliphatic carbocycles. The Morgan fingerprint density at radius 2 is 1.40 bits per heavy atom. The second-order valence-corrected chi connectivity index (χ2v) is 17.2. The average molecular weight is 763 g/mol. The van der Waals surface area contributed by atoms with Crippen LogP contribution in [-0.2, 0) is 33.7 Å². The standard InChI is InChI=1S/C18H20N4O2S2.C10H17NO3.C8H5N3S/c1-18(2,3)24-17(23)22-8-6-10-12(9-22)25-14(19)13(10)16-21-11-5-4-7-20-15(11)26-16;1-10(2,3)14-9(13)11-6-4-8(12)5-7-11;9-4-3-7-11-6-2-1-5-10-8(6)12-7/h4-5,7H,6,8-9,19H2,1-3H3;4-7H2,1-3H3;1-2,5H,3H2. The topological polar surface area (TPSA) is 178 Å². The summed E-state index contributed by atoms with van der Waals surface area (Å²) in [5, 5.41) is 10.9. The number of likely N-dealkylation sites (tertiary alicyclic amines) is 1. The summed E-state index contributed by atoms with van der Waals surface area (Å²) in [6.45, 7) is 13.3. The summed E-state index contributed by atoms with van der Waals surface area (Å²) in [4.78, 5) is 58.5. The van der Waals surface area contributed by atoms with Crippen LogP contribution in [0.3, 0.4) is 0 Å². The van der Waals surface area contributed by atoms with Gasteiger partial charge in [-0.15, -0.1) is 11.3 Å². The fourth-order valence-electron chi connectivity index (χ4n) is 5.24. The van der Waals surface area contributed by atoms with Gasteiger partial charge >= 0.3 is 12.2 Å². The highest BCUT2D eigenvalue weighted by Gasteiger charge is 2.30. The molecule has 1 fully saturated rings. The molecule has 7 rings (SSSR count). The van der Waals surface area contributed by atoms with Gasteiger partial charge in [0.15, 0.2) is 0 Å². The van der Waals surface area contributed by atoms with Crippen LogP contribution in [0.4, 0.5) is 14.6 Å². The number of carbonyl (C=O) groups is 3. The van der Waals surface area contributed by atoms with Crippen molar-refractivity contribution in [1.82, 2.24) is 29.7 Å². The Morgan fingerprint density at radius 1 is 0.846 bits per heavy atom. The van der Waals surface area contributed by atoms with Gasteiger partial charge in [0.1, 0.15) is 47.7 Å². The van der Waals surface area contributed by atoms with Crippen molar-refractivity contribution in [2.75, 3.05) is 25.4 Å². The van der Waals surface area contributed by atoms with Gasteiger partial charge in [-0.05, 0) is 77.8 Å². The molecule has 2 N–H and O–H groups in total. The normalized spacial score (nSPS) is 14.4. The minimum atomic E-state index is -0.495. The van der Waals surface area contributed by atoms with Crippen LogP contribution in [-0.4, -0.2) is 78.5 Å². The van der Waals surface area contributed by atoms with Crippen LogP contribution < -0.4 is 5.73 Å². The van der Waals surface area contributed by atoms with E-state index in [1.54, 1.807) is 33.5 Å². The zero-order chi connectivity index (χ0) is 37.6. The maximum Gasteiger partial charge on any atom is 0.410 e. The Hall–Kier alpha value is -4.72. The Kier molecular flexibility index (Phi) is 12.1. The number of thiazole rings is 2. The van der Waals surface area contributed by atoms with Crippen LogP contribution in [0.2, 0.25) is 0 Å². The number of thiophene rings is 1. The van der Waals surface area contributed by atoms with Gasteiger partial charge in [0, 0.05) is 55.3 Å². The fourth-order valence-corrected chi connectivity index (χ4v) is 8.27. The van der Waals surface area contributed by atoms with Crippen molar-refractivity contribution in [3.05, 3.63) is 52.1 Å². The van der Waals surface area contributed by atoms with E-state index in [1.165, 1.54) is 28.2 Å². The number of ether oxygens (including phenoxy) is 2. The summed E-state index contributed by atoms with van der Waals surface area (Å²) in [7, 11) is 0. The van der Waals surface area contributed by atoms with Crippen LogP contribution >= 0.6 is 34.0 Å². The highest BCUT2D eigenvalue weighted by atomic mass is 32.1. The van der Waals surface area contributed by atoms with Gasteiger partial charge in [-0.1, -0.05) is 22.7 Å². The van der Waals surface area contributed by atoms with Gasteiger partial charge in [-0.25, -0.2) is 29.5 Å². The van der Waals surface area contributed by atoms with Gasteiger partial charge < -0.3 is 25.0 Å². The van der Waals surface area contributed by atoms with E-state index in [2.05, 4.69) is 21.0 Å². The summed E-state index contributed by atoms with van der Waals surface area (Å²) in [6, 6.07) is 9.66. The first-order chi connectivity index (χ1) is 24.6. The Balaban J connectivity index is 0.000000169. The third-order valence-corrected chi connectivity index (χ3v) is 10.6.